The van der Waals surface area contributed by atoms with Crippen LogP contribution in [0.1, 0.15) is 19.8 Å². The molecular formula is C14H14ClFN2O2S. The van der Waals surface area contributed by atoms with Gasteiger partial charge >= 0.3 is 0 Å². The lowest BCUT2D eigenvalue weighted by molar-refractivity contribution is -0.135. The molecule has 1 aromatic carbocycles. The molecule has 3 rings (SSSR count). The maximum absolute atomic E-state index is 13.8. The predicted molar refractivity (Wildman–Crippen MR) is 80.8 cm³/mol. The van der Waals surface area contributed by atoms with Gasteiger partial charge in [0.2, 0.25) is 11.8 Å². The number of nitrogens with one attached hydrogen (secondary N) is 1. The summed E-state index contributed by atoms with van der Waals surface area (Å²) in [6, 6.07) is 3.87. The third-order valence-corrected chi connectivity index (χ3v) is 5.75. The Morgan fingerprint density at radius 3 is 3.10 bits per heavy atom. The molecule has 2 aliphatic heterocycles. The summed E-state index contributed by atoms with van der Waals surface area (Å²) in [7, 11) is 0. The smallest absolute Gasteiger partial charge is 0.248 e. The zero-order valence-corrected chi connectivity index (χ0v) is 12.9. The van der Waals surface area contributed by atoms with E-state index in [9.17, 15) is 14.0 Å². The molecule has 2 heterocycles. The molecule has 0 aliphatic carbocycles. The summed E-state index contributed by atoms with van der Waals surface area (Å²) in [4.78, 5) is 25.7. The van der Waals surface area contributed by atoms with Gasteiger partial charge in [-0.05, 0) is 25.5 Å². The normalized spacial score (nSPS) is 27.9. The Kier molecular flexibility index (Phi) is 3.61. The second kappa shape index (κ2) is 5.18. The molecule has 0 saturated carbocycles. The van der Waals surface area contributed by atoms with Gasteiger partial charge < -0.3 is 10.2 Å². The summed E-state index contributed by atoms with van der Waals surface area (Å²) in [6.45, 7) is 1.97. The highest BCUT2D eigenvalue weighted by molar-refractivity contribution is 8.01. The van der Waals surface area contributed by atoms with E-state index in [2.05, 4.69) is 5.32 Å². The first kappa shape index (κ1) is 14.7. The van der Waals surface area contributed by atoms with Gasteiger partial charge in [0.25, 0.3) is 0 Å². The molecule has 2 atom stereocenters. The summed E-state index contributed by atoms with van der Waals surface area (Å²) < 4.78 is 13.8. The van der Waals surface area contributed by atoms with Gasteiger partial charge in [-0.2, -0.15) is 0 Å². The Balaban J connectivity index is 1.80. The van der Waals surface area contributed by atoms with E-state index < -0.39 is 11.9 Å². The van der Waals surface area contributed by atoms with Gasteiger partial charge in [-0.3, -0.25) is 9.59 Å². The van der Waals surface area contributed by atoms with Crippen LogP contribution >= 0.6 is 23.4 Å². The number of anilines is 1. The van der Waals surface area contributed by atoms with Crippen LogP contribution in [0.3, 0.4) is 0 Å². The highest BCUT2D eigenvalue weighted by atomic mass is 35.5. The predicted octanol–water partition coefficient (Wildman–Crippen LogP) is 2.87. The minimum Gasteiger partial charge on any atom is -0.322 e. The van der Waals surface area contributed by atoms with E-state index in [1.165, 1.54) is 12.1 Å². The summed E-state index contributed by atoms with van der Waals surface area (Å²) in [5.41, 5.74) is 0.0396. The quantitative estimate of drug-likeness (QED) is 0.908. The largest absolute Gasteiger partial charge is 0.322 e. The topological polar surface area (TPSA) is 49.4 Å². The molecule has 1 aromatic rings. The molecule has 1 N–H and O–H groups in total. The molecule has 2 fully saturated rings. The van der Waals surface area contributed by atoms with Crippen molar-refractivity contribution in [3.63, 3.8) is 0 Å². The molecule has 0 spiro atoms. The van der Waals surface area contributed by atoms with Gasteiger partial charge in [0, 0.05) is 12.2 Å². The first-order chi connectivity index (χ1) is 9.92. The molecule has 4 nitrogen and oxygen atoms in total. The Morgan fingerprint density at radius 2 is 2.33 bits per heavy atom. The average Bonchev–Trinajstić information content (AvgIpc) is 2.92. The fraction of sp³-hybridized carbons (Fsp3) is 0.429. The molecule has 2 aliphatic rings. The number of thioether (sulfide) groups is 1. The van der Waals surface area contributed by atoms with Crippen LogP contribution in [0.2, 0.25) is 5.02 Å². The SMILES string of the molecule is C[C@@]12CCC(=O)N1[C@H](C(=O)Nc1cccc(Cl)c1F)CS2. The van der Waals surface area contributed by atoms with Crippen LogP contribution in [-0.2, 0) is 9.59 Å². The van der Waals surface area contributed by atoms with Crippen molar-refractivity contribution in [3.8, 4) is 0 Å². The van der Waals surface area contributed by atoms with Crippen LogP contribution < -0.4 is 5.32 Å². The van der Waals surface area contributed by atoms with Crippen LogP contribution in [0, 0.1) is 5.82 Å². The number of carbonyl (C=O) groups excluding carboxylic acids is 2. The second-order valence-corrected chi connectivity index (χ2v) is 7.26. The number of halogens is 2. The number of nitrogens with zero attached hydrogens (tertiary/aromatic N) is 1. The standard InChI is InChI=1S/C14H14ClFN2O2S/c1-14-6-5-11(19)18(14)10(7-21-14)13(20)17-9-4-2-3-8(15)12(9)16/h2-4,10H,5-7H2,1H3,(H,17,20)/t10-,14+/m0/s1. The summed E-state index contributed by atoms with van der Waals surface area (Å²) >= 11 is 7.29. The van der Waals surface area contributed by atoms with E-state index in [0.29, 0.717) is 12.2 Å². The molecule has 112 valence electrons. The number of amides is 2. The number of hydrogen-bond donors (Lipinski definition) is 1. The zero-order chi connectivity index (χ0) is 15.2. The molecule has 0 radical (unpaired) electrons. The maximum Gasteiger partial charge on any atom is 0.248 e. The van der Waals surface area contributed by atoms with E-state index in [4.69, 9.17) is 11.6 Å². The Morgan fingerprint density at radius 1 is 1.57 bits per heavy atom. The number of rotatable bonds is 2. The lowest BCUT2D eigenvalue weighted by Gasteiger charge is -2.29. The third-order valence-electron chi connectivity index (χ3n) is 3.96. The van der Waals surface area contributed by atoms with Crippen molar-refractivity contribution in [2.75, 3.05) is 11.1 Å². The summed E-state index contributed by atoms with van der Waals surface area (Å²) in [6.07, 6.45) is 1.20. The minimum atomic E-state index is -0.659. The molecule has 21 heavy (non-hydrogen) atoms. The van der Waals surface area contributed by atoms with E-state index in [0.717, 1.165) is 6.42 Å². The minimum absolute atomic E-state index is 0.0192. The number of fused-ring (bicyclic) bond motifs is 1. The van der Waals surface area contributed by atoms with Crippen LogP contribution in [0.4, 0.5) is 10.1 Å². The summed E-state index contributed by atoms with van der Waals surface area (Å²) in [5, 5.41) is 2.49. The highest BCUT2D eigenvalue weighted by Gasteiger charge is 2.52. The Hall–Kier alpha value is -1.27. The van der Waals surface area contributed by atoms with E-state index in [-0.39, 0.29) is 27.4 Å². The van der Waals surface area contributed by atoms with E-state index in [1.807, 2.05) is 6.92 Å². The van der Waals surface area contributed by atoms with Crippen molar-refractivity contribution < 1.29 is 14.0 Å². The fourth-order valence-electron chi connectivity index (χ4n) is 2.83. The monoisotopic (exact) mass is 328 g/mol. The summed E-state index contributed by atoms with van der Waals surface area (Å²) in [5.74, 6) is -0.526. The van der Waals surface area contributed by atoms with Crippen molar-refractivity contribution in [1.29, 1.82) is 0 Å². The van der Waals surface area contributed by atoms with E-state index >= 15 is 0 Å². The Bertz CT molecular complexity index is 627. The average molecular weight is 329 g/mol. The lowest BCUT2D eigenvalue weighted by Crippen LogP contribution is -2.48. The molecule has 0 bridgehead atoms. The lowest BCUT2D eigenvalue weighted by atomic mass is 10.2. The van der Waals surface area contributed by atoms with Crippen molar-refractivity contribution in [1.82, 2.24) is 4.90 Å². The van der Waals surface area contributed by atoms with Crippen molar-refractivity contribution in [3.05, 3.63) is 29.0 Å². The van der Waals surface area contributed by atoms with Gasteiger partial charge in [-0.15, -0.1) is 11.8 Å². The van der Waals surface area contributed by atoms with Gasteiger partial charge in [0.1, 0.15) is 6.04 Å². The van der Waals surface area contributed by atoms with Crippen LogP contribution in [0.25, 0.3) is 0 Å². The van der Waals surface area contributed by atoms with E-state index in [1.54, 1.807) is 22.7 Å². The molecule has 2 amide bonds. The molecule has 2 saturated heterocycles. The van der Waals surface area contributed by atoms with Gasteiger partial charge in [-0.1, -0.05) is 17.7 Å². The number of hydrogen-bond acceptors (Lipinski definition) is 3. The molecule has 0 unspecified atom stereocenters. The van der Waals surface area contributed by atoms with Crippen molar-refractivity contribution in [2.45, 2.75) is 30.7 Å². The third kappa shape index (κ3) is 2.40. The zero-order valence-electron chi connectivity index (χ0n) is 11.4. The number of benzene rings is 1. The fourth-order valence-corrected chi connectivity index (χ4v) is 4.44. The van der Waals surface area contributed by atoms with Crippen LogP contribution in [0.5, 0.6) is 0 Å². The molecule has 7 heteroatoms. The van der Waals surface area contributed by atoms with Gasteiger partial charge in [-0.25, -0.2) is 4.39 Å². The van der Waals surface area contributed by atoms with Crippen molar-refractivity contribution in [2.24, 2.45) is 0 Å². The van der Waals surface area contributed by atoms with Crippen LogP contribution in [0.15, 0.2) is 18.2 Å². The first-order valence-electron chi connectivity index (χ1n) is 6.63. The molecular weight excluding hydrogens is 315 g/mol. The molecule has 0 aromatic heterocycles. The first-order valence-corrected chi connectivity index (χ1v) is 8.00. The Labute approximate surface area is 131 Å². The van der Waals surface area contributed by atoms with Gasteiger partial charge in [0.15, 0.2) is 5.82 Å². The highest BCUT2D eigenvalue weighted by Crippen LogP contribution is 2.47. The van der Waals surface area contributed by atoms with Crippen LogP contribution in [-0.4, -0.2) is 33.4 Å². The van der Waals surface area contributed by atoms with Gasteiger partial charge in [0.05, 0.1) is 15.6 Å². The maximum atomic E-state index is 13.8. The second-order valence-electron chi connectivity index (χ2n) is 5.36. The van der Waals surface area contributed by atoms with Crippen molar-refractivity contribution >= 4 is 40.9 Å². The number of carbonyl (C=O) groups is 2.